The number of alkyl halides is 6. The zero-order valence-electron chi connectivity index (χ0n) is 15.9. The molecule has 31 heavy (non-hydrogen) atoms. The molecular formula is C18H16F6N4O3. The number of aromatic nitrogens is 4. The summed E-state index contributed by atoms with van der Waals surface area (Å²) >= 11 is 0. The number of hydrogen-bond donors (Lipinski definition) is 0. The predicted molar refractivity (Wildman–Crippen MR) is 96.1 cm³/mol. The number of rotatable bonds is 6. The van der Waals surface area contributed by atoms with Gasteiger partial charge in [0.2, 0.25) is 0 Å². The molecule has 0 bridgehead atoms. The normalized spacial score (nSPS) is 17.0. The van der Waals surface area contributed by atoms with Gasteiger partial charge in [-0.15, -0.1) is 0 Å². The highest BCUT2D eigenvalue weighted by Crippen LogP contribution is 2.25. The van der Waals surface area contributed by atoms with Gasteiger partial charge in [-0.1, -0.05) is 12.2 Å². The molecule has 0 saturated heterocycles. The lowest BCUT2D eigenvalue weighted by Crippen LogP contribution is -2.27. The Hall–Kier alpha value is -3.09. The first-order chi connectivity index (χ1) is 14.4. The van der Waals surface area contributed by atoms with Gasteiger partial charge < -0.3 is 9.47 Å². The fraction of sp³-hybridized carbons (Fsp3) is 0.389. The highest BCUT2D eigenvalue weighted by Gasteiger charge is 2.31. The molecule has 7 nitrogen and oxygen atoms in total. The number of hydrogen-bond acceptors (Lipinski definition) is 5. The molecule has 1 aliphatic carbocycles. The molecule has 0 spiro atoms. The van der Waals surface area contributed by atoms with Crippen LogP contribution in [0, 0.1) is 0 Å². The van der Waals surface area contributed by atoms with Crippen molar-refractivity contribution in [3.63, 3.8) is 0 Å². The summed E-state index contributed by atoms with van der Waals surface area (Å²) in [5.74, 6) is 0. The molecule has 1 aliphatic rings. The Morgan fingerprint density at radius 1 is 1.16 bits per heavy atom. The van der Waals surface area contributed by atoms with Crippen molar-refractivity contribution in [1.29, 1.82) is 0 Å². The number of allylic oxidation sites excluding steroid dienone is 2. The van der Waals surface area contributed by atoms with Crippen LogP contribution in [0.2, 0.25) is 0 Å². The van der Waals surface area contributed by atoms with Gasteiger partial charge in [-0.3, -0.25) is 9.48 Å². The van der Waals surface area contributed by atoms with Gasteiger partial charge in [0, 0.05) is 30.6 Å². The van der Waals surface area contributed by atoms with Gasteiger partial charge in [0.15, 0.2) is 6.61 Å². The van der Waals surface area contributed by atoms with E-state index in [4.69, 9.17) is 9.47 Å². The smallest absolute Gasteiger partial charge is 0.422 e. The van der Waals surface area contributed by atoms with E-state index in [0.29, 0.717) is 5.56 Å². The van der Waals surface area contributed by atoms with Crippen molar-refractivity contribution in [1.82, 2.24) is 19.3 Å². The van der Waals surface area contributed by atoms with E-state index >= 15 is 0 Å². The zero-order chi connectivity index (χ0) is 22.8. The Morgan fingerprint density at radius 3 is 2.42 bits per heavy atom. The summed E-state index contributed by atoms with van der Waals surface area (Å²) in [7, 11) is 1.61. The van der Waals surface area contributed by atoms with Crippen molar-refractivity contribution >= 4 is 5.70 Å². The van der Waals surface area contributed by atoms with Gasteiger partial charge in [-0.2, -0.15) is 36.4 Å². The summed E-state index contributed by atoms with van der Waals surface area (Å²) < 4.78 is 86.6. The molecule has 1 unspecified atom stereocenters. The van der Waals surface area contributed by atoms with Crippen LogP contribution in [0.5, 0.6) is 6.01 Å². The third-order valence-electron chi connectivity index (χ3n) is 4.01. The molecule has 0 radical (unpaired) electrons. The first-order valence-corrected chi connectivity index (χ1v) is 8.81. The number of nitrogens with zero attached hydrogens (tertiary/aromatic N) is 4. The minimum Gasteiger partial charge on any atom is -0.455 e. The summed E-state index contributed by atoms with van der Waals surface area (Å²) in [6.07, 6.45) is -3.33. The highest BCUT2D eigenvalue weighted by atomic mass is 19.4. The van der Waals surface area contributed by atoms with Crippen LogP contribution in [-0.2, 0) is 11.8 Å². The van der Waals surface area contributed by atoms with Crippen molar-refractivity contribution in [2.24, 2.45) is 7.05 Å². The predicted octanol–water partition coefficient (Wildman–Crippen LogP) is 3.33. The molecule has 0 saturated carbocycles. The average molecular weight is 450 g/mol. The Kier molecular flexibility index (Phi) is 6.25. The van der Waals surface area contributed by atoms with E-state index in [9.17, 15) is 31.1 Å². The van der Waals surface area contributed by atoms with Crippen molar-refractivity contribution in [2.45, 2.75) is 24.9 Å². The Labute approximate surface area is 171 Å². The van der Waals surface area contributed by atoms with E-state index in [1.165, 1.54) is 35.3 Å². The lowest BCUT2D eigenvalue weighted by Gasteiger charge is -2.20. The Balaban J connectivity index is 1.91. The van der Waals surface area contributed by atoms with Gasteiger partial charge in [-0.05, 0) is 12.5 Å². The number of aryl methyl sites for hydroxylation is 1. The van der Waals surface area contributed by atoms with E-state index in [0.717, 1.165) is 10.6 Å². The van der Waals surface area contributed by atoms with E-state index < -0.39 is 43.2 Å². The molecule has 0 aliphatic heterocycles. The van der Waals surface area contributed by atoms with Crippen LogP contribution in [-0.4, -0.2) is 51.0 Å². The second kappa shape index (κ2) is 8.57. The van der Waals surface area contributed by atoms with E-state index in [1.807, 2.05) is 0 Å². The first kappa shape index (κ1) is 22.6. The molecule has 2 heterocycles. The van der Waals surface area contributed by atoms with Crippen LogP contribution < -0.4 is 10.3 Å². The van der Waals surface area contributed by atoms with Crippen LogP contribution >= 0.6 is 0 Å². The molecule has 0 aromatic carbocycles. The van der Waals surface area contributed by atoms with Crippen molar-refractivity contribution in [3.8, 4) is 17.3 Å². The van der Waals surface area contributed by atoms with Gasteiger partial charge in [0.1, 0.15) is 6.61 Å². The van der Waals surface area contributed by atoms with Gasteiger partial charge in [0.25, 0.3) is 5.56 Å². The second-order valence-corrected chi connectivity index (χ2v) is 6.59. The molecule has 0 fully saturated rings. The van der Waals surface area contributed by atoms with Crippen molar-refractivity contribution < 1.29 is 35.8 Å². The lowest BCUT2D eigenvalue weighted by atomic mass is 10.1. The fourth-order valence-electron chi connectivity index (χ4n) is 2.72. The number of ether oxygens (including phenoxy) is 2. The molecule has 1 atom stereocenters. The SMILES string of the molecule is Cn1cc(-c2cc(=O)n(C3=CCC(OCC(F)(F)F)C=C3)c(OCC(F)(F)F)n2)cn1. The summed E-state index contributed by atoms with van der Waals surface area (Å²) in [6, 6.07) is 0.479. The Bertz CT molecular complexity index is 1050. The molecular weight excluding hydrogens is 434 g/mol. The average Bonchev–Trinajstić information content (AvgIpc) is 3.10. The maximum absolute atomic E-state index is 12.7. The maximum atomic E-state index is 12.7. The number of halogens is 6. The quantitative estimate of drug-likeness (QED) is 0.632. The molecule has 0 amide bonds. The minimum atomic E-state index is -4.68. The van der Waals surface area contributed by atoms with E-state index in [2.05, 4.69) is 10.1 Å². The molecule has 13 heteroatoms. The summed E-state index contributed by atoms with van der Waals surface area (Å²) in [4.78, 5) is 16.7. The van der Waals surface area contributed by atoms with E-state index in [-0.39, 0.29) is 17.8 Å². The van der Waals surface area contributed by atoms with Crippen LogP contribution in [0.25, 0.3) is 17.0 Å². The largest absolute Gasteiger partial charge is 0.455 e. The van der Waals surface area contributed by atoms with Crippen LogP contribution in [0.3, 0.4) is 0 Å². The Morgan fingerprint density at radius 2 is 1.87 bits per heavy atom. The van der Waals surface area contributed by atoms with Crippen LogP contribution in [0.4, 0.5) is 26.3 Å². The van der Waals surface area contributed by atoms with Gasteiger partial charge in [-0.25, -0.2) is 4.57 Å². The highest BCUT2D eigenvalue weighted by molar-refractivity contribution is 5.63. The molecule has 3 rings (SSSR count). The summed E-state index contributed by atoms with van der Waals surface area (Å²) in [6.45, 7) is -3.14. The summed E-state index contributed by atoms with van der Waals surface area (Å²) in [5, 5.41) is 3.92. The first-order valence-electron chi connectivity index (χ1n) is 8.81. The maximum Gasteiger partial charge on any atom is 0.422 e. The molecule has 0 N–H and O–H groups in total. The fourth-order valence-corrected chi connectivity index (χ4v) is 2.72. The van der Waals surface area contributed by atoms with Crippen molar-refractivity contribution in [2.75, 3.05) is 13.2 Å². The minimum absolute atomic E-state index is 0.0303. The van der Waals surface area contributed by atoms with Gasteiger partial charge in [0.05, 0.1) is 18.0 Å². The van der Waals surface area contributed by atoms with E-state index in [1.54, 1.807) is 7.05 Å². The third kappa shape index (κ3) is 6.20. The molecule has 2 aromatic rings. The van der Waals surface area contributed by atoms with Crippen LogP contribution in [0.1, 0.15) is 6.42 Å². The topological polar surface area (TPSA) is 71.2 Å². The molecule has 2 aromatic heterocycles. The standard InChI is InChI=1S/C18H16F6N4O3/c1-27-8-11(7-25-27)14-6-15(29)28(16(26-14)31-10-18(22,23)24)12-2-4-13(5-3-12)30-9-17(19,20)21/h2-4,6-8,13H,5,9-10H2,1H3. The van der Waals surface area contributed by atoms with Crippen LogP contribution in [0.15, 0.2) is 41.5 Å². The lowest BCUT2D eigenvalue weighted by molar-refractivity contribution is -0.180. The van der Waals surface area contributed by atoms with Gasteiger partial charge >= 0.3 is 18.4 Å². The third-order valence-corrected chi connectivity index (χ3v) is 4.01. The van der Waals surface area contributed by atoms with Crippen molar-refractivity contribution in [3.05, 3.63) is 47.0 Å². The zero-order valence-corrected chi connectivity index (χ0v) is 15.9. The monoisotopic (exact) mass is 450 g/mol. The molecule has 168 valence electrons. The second-order valence-electron chi connectivity index (χ2n) is 6.59. The summed E-state index contributed by atoms with van der Waals surface area (Å²) in [5.41, 5.74) is -0.202.